The van der Waals surface area contributed by atoms with Crippen LogP contribution >= 0.6 is 0 Å². The van der Waals surface area contributed by atoms with Gasteiger partial charge in [0, 0.05) is 18.7 Å². The van der Waals surface area contributed by atoms with Gasteiger partial charge in [0.15, 0.2) is 0 Å². The first-order valence-electron chi connectivity index (χ1n) is 7.59. The molecule has 0 aromatic heterocycles. The van der Waals surface area contributed by atoms with Crippen LogP contribution < -0.4 is 10.1 Å². The van der Waals surface area contributed by atoms with Crippen LogP contribution in [0.3, 0.4) is 0 Å². The monoisotopic (exact) mass is 328 g/mol. The van der Waals surface area contributed by atoms with Crippen LogP contribution in [0.2, 0.25) is 0 Å². The summed E-state index contributed by atoms with van der Waals surface area (Å²) in [6.45, 7) is 0.617. The molecule has 5 nitrogen and oxygen atoms in total. The minimum absolute atomic E-state index is 0.179. The number of nitrogens with one attached hydrogen (secondary N) is 1. The van der Waals surface area contributed by atoms with Crippen LogP contribution in [0, 0.1) is 5.82 Å². The SMILES string of the molecule is COc1ccccc1C(=O)N1CCNC(=O)C1c1ccccc1F. The highest BCUT2D eigenvalue weighted by Crippen LogP contribution is 2.29. The molecule has 2 aromatic rings. The van der Waals surface area contributed by atoms with Crippen molar-refractivity contribution in [3.63, 3.8) is 0 Å². The first-order valence-corrected chi connectivity index (χ1v) is 7.59. The van der Waals surface area contributed by atoms with E-state index in [0.717, 1.165) is 0 Å². The maximum absolute atomic E-state index is 14.2. The van der Waals surface area contributed by atoms with Crippen LogP contribution in [-0.2, 0) is 4.79 Å². The van der Waals surface area contributed by atoms with Crippen molar-refractivity contribution < 1.29 is 18.7 Å². The molecule has 1 aliphatic rings. The van der Waals surface area contributed by atoms with Gasteiger partial charge in [0.25, 0.3) is 5.91 Å². The minimum atomic E-state index is -1.00. The summed E-state index contributed by atoms with van der Waals surface area (Å²) in [4.78, 5) is 26.7. The molecule has 1 atom stereocenters. The molecule has 1 fully saturated rings. The average Bonchev–Trinajstić information content (AvgIpc) is 2.61. The number of hydrogen-bond acceptors (Lipinski definition) is 3. The predicted molar refractivity (Wildman–Crippen MR) is 86.2 cm³/mol. The van der Waals surface area contributed by atoms with Gasteiger partial charge in [0.05, 0.1) is 12.7 Å². The number of carbonyl (C=O) groups excluding carboxylic acids is 2. The van der Waals surface area contributed by atoms with Crippen LogP contribution in [0.25, 0.3) is 0 Å². The number of piperazine rings is 1. The van der Waals surface area contributed by atoms with Gasteiger partial charge in [-0.15, -0.1) is 0 Å². The lowest BCUT2D eigenvalue weighted by Gasteiger charge is -2.35. The van der Waals surface area contributed by atoms with E-state index in [1.807, 2.05) is 0 Å². The van der Waals surface area contributed by atoms with Crippen molar-refractivity contribution in [2.24, 2.45) is 0 Å². The third-order valence-corrected chi connectivity index (χ3v) is 4.01. The fourth-order valence-electron chi connectivity index (χ4n) is 2.87. The topological polar surface area (TPSA) is 58.6 Å². The molecule has 0 bridgehead atoms. The number of carbonyl (C=O) groups is 2. The number of nitrogens with zero attached hydrogens (tertiary/aromatic N) is 1. The number of rotatable bonds is 3. The van der Waals surface area contributed by atoms with Crippen LogP contribution in [0.4, 0.5) is 4.39 Å². The smallest absolute Gasteiger partial charge is 0.258 e. The van der Waals surface area contributed by atoms with Crippen molar-refractivity contribution in [3.05, 3.63) is 65.5 Å². The Bertz CT molecular complexity index is 778. The van der Waals surface area contributed by atoms with Crippen molar-refractivity contribution in [2.45, 2.75) is 6.04 Å². The lowest BCUT2D eigenvalue weighted by atomic mass is 10.0. The lowest BCUT2D eigenvalue weighted by Crippen LogP contribution is -2.52. The number of ether oxygens (including phenoxy) is 1. The van der Waals surface area contributed by atoms with E-state index in [4.69, 9.17) is 4.74 Å². The Hall–Kier alpha value is -2.89. The van der Waals surface area contributed by atoms with Gasteiger partial charge in [0.2, 0.25) is 5.91 Å². The molecule has 0 radical (unpaired) electrons. The average molecular weight is 328 g/mol. The normalized spacial score (nSPS) is 17.3. The predicted octanol–water partition coefficient (Wildman–Crippen LogP) is 2.15. The van der Waals surface area contributed by atoms with Gasteiger partial charge in [0.1, 0.15) is 17.6 Å². The molecule has 0 aliphatic carbocycles. The maximum Gasteiger partial charge on any atom is 0.258 e. The quantitative estimate of drug-likeness (QED) is 0.939. The highest BCUT2D eigenvalue weighted by Gasteiger charge is 2.37. The summed E-state index contributed by atoms with van der Waals surface area (Å²) in [6.07, 6.45) is 0. The zero-order valence-corrected chi connectivity index (χ0v) is 13.2. The Morgan fingerprint density at radius 3 is 2.67 bits per heavy atom. The number of para-hydroxylation sites is 1. The second-order valence-electron chi connectivity index (χ2n) is 5.41. The Morgan fingerprint density at radius 2 is 1.92 bits per heavy atom. The Labute approximate surface area is 139 Å². The molecule has 1 aliphatic heterocycles. The molecule has 124 valence electrons. The fourth-order valence-corrected chi connectivity index (χ4v) is 2.87. The van der Waals surface area contributed by atoms with E-state index in [9.17, 15) is 14.0 Å². The highest BCUT2D eigenvalue weighted by atomic mass is 19.1. The number of methoxy groups -OCH3 is 1. The van der Waals surface area contributed by atoms with Crippen LogP contribution in [-0.4, -0.2) is 36.9 Å². The van der Waals surface area contributed by atoms with Gasteiger partial charge in [-0.1, -0.05) is 30.3 Å². The van der Waals surface area contributed by atoms with E-state index in [-0.39, 0.29) is 11.5 Å². The third-order valence-electron chi connectivity index (χ3n) is 4.01. The summed E-state index contributed by atoms with van der Waals surface area (Å²) in [5.74, 6) is -0.858. The van der Waals surface area contributed by atoms with Crippen LogP contribution in [0.5, 0.6) is 5.75 Å². The molecule has 0 saturated carbocycles. The van der Waals surface area contributed by atoms with Crippen molar-refractivity contribution in [1.29, 1.82) is 0 Å². The zero-order chi connectivity index (χ0) is 17.1. The summed E-state index contributed by atoms with van der Waals surface area (Å²) in [5.41, 5.74) is 0.522. The first kappa shape index (κ1) is 16.0. The molecule has 6 heteroatoms. The standard InChI is InChI=1S/C18H17FN2O3/c1-24-15-9-5-3-7-13(15)18(23)21-11-10-20-17(22)16(21)12-6-2-4-8-14(12)19/h2-9,16H,10-11H2,1H3,(H,20,22). The second-order valence-corrected chi connectivity index (χ2v) is 5.41. The molecule has 2 aromatic carbocycles. The molecule has 1 unspecified atom stereocenters. The van der Waals surface area contributed by atoms with Gasteiger partial charge in [-0.2, -0.15) is 0 Å². The Kier molecular flexibility index (Phi) is 4.46. The fraction of sp³-hybridized carbons (Fsp3) is 0.222. The lowest BCUT2D eigenvalue weighted by molar-refractivity contribution is -0.128. The van der Waals surface area contributed by atoms with E-state index in [1.165, 1.54) is 24.1 Å². The molecule has 24 heavy (non-hydrogen) atoms. The van der Waals surface area contributed by atoms with Crippen molar-refractivity contribution in [1.82, 2.24) is 10.2 Å². The molecule has 1 heterocycles. The number of amides is 2. The van der Waals surface area contributed by atoms with E-state index in [2.05, 4.69) is 5.32 Å². The largest absolute Gasteiger partial charge is 0.496 e. The minimum Gasteiger partial charge on any atom is -0.496 e. The van der Waals surface area contributed by atoms with Crippen molar-refractivity contribution in [3.8, 4) is 5.75 Å². The van der Waals surface area contributed by atoms with Gasteiger partial charge in [-0.25, -0.2) is 4.39 Å². The van der Waals surface area contributed by atoms with Crippen molar-refractivity contribution in [2.75, 3.05) is 20.2 Å². The molecule has 0 spiro atoms. The Balaban J connectivity index is 2.02. The van der Waals surface area contributed by atoms with E-state index in [0.29, 0.717) is 24.4 Å². The van der Waals surface area contributed by atoms with Gasteiger partial charge < -0.3 is 15.0 Å². The first-order chi connectivity index (χ1) is 11.6. The highest BCUT2D eigenvalue weighted by molar-refractivity contribution is 6.00. The number of benzene rings is 2. The summed E-state index contributed by atoms with van der Waals surface area (Å²) in [6, 6.07) is 11.8. The summed E-state index contributed by atoms with van der Waals surface area (Å²) < 4.78 is 19.4. The molecule has 2 amide bonds. The molecule has 1 N–H and O–H groups in total. The third kappa shape index (κ3) is 2.82. The maximum atomic E-state index is 14.2. The van der Waals surface area contributed by atoms with Crippen LogP contribution in [0.15, 0.2) is 48.5 Å². The number of halogens is 1. The second kappa shape index (κ2) is 6.70. The molecular weight excluding hydrogens is 311 g/mol. The van der Waals surface area contributed by atoms with E-state index >= 15 is 0 Å². The molecule has 3 rings (SSSR count). The van der Waals surface area contributed by atoms with Gasteiger partial charge in [-0.3, -0.25) is 9.59 Å². The van der Waals surface area contributed by atoms with Gasteiger partial charge in [-0.05, 0) is 18.2 Å². The van der Waals surface area contributed by atoms with Crippen molar-refractivity contribution >= 4 is 11.8 Å². The summed E-state index contributed by atoms with van der Waals surface area (Å²) in [7, 11) is 1.48. The number of hydrogen-bond donors (Lipinski definition) is 1. The zero-order valence-electron chi connectivity index (χ0n) is 13.2. The Morgan fingerprint density at radius 1 is 1.21 bits per heavy atom. The van der Waals surface area contributed by atoms with E-state index in [1.54, 1.807) is 36.4 Å². The van der Waals surface area contributed by atoms with Crippen LogP contribution in [0.1, 0.15) is 22.0 Å². The molecular formula is C18H17FN2O3. The summed E-state index contributed by atoms with van der Waals surface area (Å²) >= 11 is 0. The van der Waals surface area contributed by atoms with Gasteiger partial charge >= 0.3 is 0 Å². The van der Waals surface area contributed by atoms with E-state index < -0.39 is 17.8 Å². The molecule has 1 saturated heterocycles. The summed E-state index contributed by atoms with van der Waals surface area (Å²) in [5, 5.41) is 2.69.